The summed E-state index contributed by atoms with van der Waals surface area (Å²) in [4.78, 5) is 22.4. The van der Waals surface area contributed by atoms with Gasteiger partial charge in [0.2, 0.25) is 5.91 Å². The Balaban J connectivity index is 1.67. The molecular formula is C25H32N4O3. The lowest BCUT2D eigenvalue weighted by Crippen LogP contribution is -2.38. The van der Waals surface area contributed by atoms with Crippen molar-refractivity contribution in [2.24, 2.45) is 0 Å². The highest BCUT2D eigenvalue weighted by molar-refractivity contribution is 5.85. The predicted octanol–water partition coefficient (Wildman–Crippen LogP) is 3.96. The number of aryl methyl sites for hydroxylation is 3. The van der Waals surface area contributed by atoms with Crippen LogP contribution in [0.1, 0.15) is 41.0 Å². The van der Waals surface area contributed by atoms with Crippen LogP contribution in [0.4, 0.5) is 5.82 Å². The van der Waals surface area contributed by atoms with Gasteiger partial charge in [-0.1, -0.05) is 23.4 Å². The van der Waals surface area contributed by atoms with Crippen molar-refractivity contribution in [1.29, 1.82) is 0 Å². The Bertz CT molecular complexity index is 1100. The first kappa shape index (κ1) is 22.3. The number of anilines is 1. The predicted molar refractivity (Wildman–Crippen MR) is 125 cm³/mol. The minimum absolute atomic E-state index is 0.0453. The molecule has 1 aromatic carbocycles. The molecule has 1 amide bonds. The fourth-order valence-corrected chi connectivity index (χ4v) is 4.40. The van der Waals surface area contributed by atoms with Crippen molar-refractivity contribution in [2.75, 3.05) is 32.1 Å². The second-order valence-electron chi connectivity index (χ2n) is 8.90. The van der Waals surface area contributed by atoms with Crippen molar-refractivity contribution in [3.63, 3.8) is 0 Å². The molecule has 1 fully saturated rings. The molecule has 7 nitrogen and oxygen atoms in total. The van der Waals surface area contributed by atoms with Crippen LogP contribution in [-0.2, 0) is 22.5 Å². The maximum Gasteiger partial charge on any atom is 0.227 e. The Morgan fingerprint density at radius 1 is 1.22 bits per heavy atom. The third-order valence-corrected chi connectivity index (χ3v) is 6.20. The van der Waals surface area contributed by atoms with Crippen LogP contribution < -0.4 is 4.90 Å². The van der Waals surface area contributed by atoms with Gasteiger partial charge in [-0.2, -0.15) is 0 Å². The van der Waals surface area contributed by atoms with Crippen molar-refractivity contribution in [2.45, 2.75) is 52.7 Å². The fraction of sp³-hybridized carbons (Fsp3) is 0.480. The Morgan fingerprint density at radius 3 is 2.69 bits per heavy atom. The van der Waals surface area contributed by atoms with E-state index in [1.807, 2.05) is 43.8 Å². The molecule has 0 spiro atoms. The lowest BCUT2D eigenvalue weighted by molar-refractivity contribution is -0.132. The SMILES string of the molecule is Cc1noc(C)c1CC(=O)N(Cc1cc2cccc(C)c2nc1N(C)C)CC1CCCO1. The fourth-order valence-electron chi connectivity index (χ4n) is 4.40. The van der Waals surface area contributed by atoms with Crippen LogP contribution in [0, 0.1) is 20.8 Å². The number of carbonyl (C=O) groups excluding carboxylic acids is 1. The highest BCUT2D eigenvalue weighted by Gasteiger charge is 2.26. The Labute approximate surface area is 189 Å². The first-order valence-electron chi connectivity index (χ1n) is 11.2. The van der Waals surface area contributed by atoms with Gasteiger partial charge < -0.3 is 19.1 Å². The molecule has 0 saturated carbocycles. The Kier molecular flexibility index (Phi) is 6.46. The first-order chi connectivity index (χ1) is 15.3. The summed E-state index contributed by atoms with van der Waals surface area (Å²) in [5.74, 6) is 1.63. The number of rotatable bonds is 7. The van der Waals surface area contributed by atoms with Crippen molar-refractivity contribution < 1.29 is 14.1 Å². The van der Waals surface area contributed by atoms with Gasteiger partial charge in [-0.25, -0.2) is 4.98 Å². The van der Waals surface area contributed by atoms with E-state index in [-0.39, 0.29) is 18.4 Å². The van der Waals surface area contributed by atoms with Gasteiger partial charge in [-0.05, 0) is 45.2 Å². The summed E-state index contributed by atoms with van der Waals surface area (Å²) in [6, 6.07) is 8.36. The highest BCUT2D eigenvalue weighted by atomic mass is 16.5. The number of hydrogen-bond donors (Lipinski definition) is 0. The standard InChI is InChI=1S/C25H32N4O3/c1-16-8-6-9-19-12-20(25(28(4)5)26-24(16)19)14-29(15-21-10-7-11-31-21)23(30)13-22-17(2)27-32-18(22)3/h6,8-9,12,21H,7,10-11,13-15H2,1-5H3. The van der Waals surface area contributed by atoms with Gasteiger partial charge in [0.05, 0.1) is 23.7 Å². The number of amides is 1. The third kappa shape index (κ3) is 4.63. The molecule has 7 heteroatoms. The summed E-state index contributed by atoms with van der Waals surface area (Å²) in [7, 11) is 3.98. The highest BCUT2D eigenvalue weighted by Crippen LogP contribution is 2.27. The van der Waals surface area contributed by atoms with Crippen LogP contribution in [-0.4, -0.2) is 54.3 Å². The lowest BCUT2D eigenvalue weighted by Gasteiger charge is -2.28. The summed E-state index contributed by atoms with van der Waals surface area (Å²) < 4.78 is 11.1. The molecule has 0 radical (unpaired) electrons. The van der Waals surface area contributed by atoms with Gasteiger partial charge in [0.25, 0.3) is 0 Å². The zero-order valence-electron chi connectivity index (χ0n) is 19.6. The van der Waals surface area contributed by atoms with Crippen molar-refractivity contribution in [1.82, 2.24) is 15.0 Å². The number of ether oxygens (including phenoxy) is 1. The molecule has 0 bridgehead atoms. The number of carbonyl (C=O) groups is 1. The normalized spacial score (nSPS) is 16.0. The minimum atomic E-state index is 0.0453. The number of benzene rings is 1. The number of pyridine rings is 1. The van der Waals surface area contributed by atoms with E-state index in [1.54, 1.807) is 0 Å². The largest absolute Gasteiger partial charge is 0.376 e. The summed E-state index contributed by atoms with van der Waals surface area (Å²) >= 11 is 0. The molecule has 170 valence electrons. The molecule has 1 aliphatic heterocycles. The van der Waals surface area contributed by atoms with E-state index < -0.39 is 0 Å². The molecular weight excluding hydrogens is 404 g/mol. The van der Waals surface area contributed by atoms with Gasteiger partial charge in [-0.15, -0.1) is 0 Å². The van der Waals surface area contributed by atoms with Gasteiger partial charge >= 0.3 is 0 Å². The molecule has 1 aliphatic rings. The monoisotopic (exact) mass is 436 g/mol. The zero-order chi connectivity index (χ0) is 22.8. The van der Waals surface area contributed by atoms with E-state index >= 15 is 0 Å². The topological polar surface area (TPSA) is 71.7 Å². The van der Waals surface area contributed by atoms with E-state index in [0.717, 1.165) is 58.6 Å². The van der Waals surface area contributed by atoms with Crippen LogP contribution in [0.5, 0.6) is 0 Å². The third-order valence-electron chi connectivity index (χ3n) is 6.20. The van der Waals surface area contributed by atoms with Gasteiger partial charge in [0, 0.05) is 50.3 Å². The minimum Gasteiger partial charge on any atom is -0.376 e. The maximum atomic E-state index is 13.5. The smallest absolute Gasteiger partial charge is 0.227 e. The summed E-state index contributed by atoms with van der Waals surface area (Å²) in [6.07, 6.45) is 2.36. The second-order valence-corrected chi connectivity index (χ2v) is 8.90. The van der Waals surface area contributed by atoms with E-state index in [9.17, 15) is 4.79 Å². The number of hydrogen-bond acceptors (Lipinski definition) is 6. The first-order valence-corrected chi connectivity index (χ1v) is 11.2. The van der Waals surface area contributed by atoms with Crippen LogP contribution in [0.15, 0.2) is 28.8 Å². The number of nitrogens with zero attached hydrogens (tertiary/aromatic N) is 4. The molecule has 4 rings (SSSR count). The molecule has 0 aliphatic carbocycles. The summed E-state index contributed by atoms with van der Waals surface area (Å²) in [5.41, 5.74) is 4.80. The van der Waals surface area contributed by atoms with Crippen molar-refractivity contribution >= 4 is 22.6 Å². The number of aromatic nitrogens is 2. The molecule has 3 heterocycles. The molecule has 1 unspecified atom stereocenters. The molecule has 2 aromatic heterocycles. The van der Waals surface area contributed by atoms with E-state index in [2.05, 4.69) is 30.3 Å². The van der Waals surface area contributed by atoms with Crippen LogP contribution in [0.2, 0.25) is 0 Å². The molecule has 1 saturated heterocycles. The Hall–Kier alpha value is -2.93. The summed E-state index contributed by atoms with van der Waals surface area (Å²) in [6.45, 7) is 7.62. The maximum absolute atomic E-state index is 13.5. The van der Waals surface area contributed by atoms with E-state index in [1.165, 1.54) is 0 Å². The molecule has 32 heavy (non-hydrogen) atoms. The van der Waals surface area contributed by atoms with Gasteiger partial charge in [-0.3, -0.25) is 4.79 Å². The van der Waals surface area contributed by atoms with Crippen molar-refractivity contribution in [3.8, 4) is 0 Å². The van der Waals surface area contributed by atoms with E-state index in [0.29, 0.717) is 18.8 Å². The van der Waals surface area contributed by atoms with Crippen LogP contribution >= 0.6 is 0 Å². The van der Waals surface area contributed by atoms with Gasteiger partial charge in [0.15, 0.2) is 0 Å². The zero-order valence-corrected chi connectivity index (χ0v) is 19.6. The quantitative estimate of drug-likeness (QED) is 0.558. The second kappa shape index (κ2) is 9.28. The molecule has 0 N–H and O–H groups in total. The van der Waals surface area contributed by atoms with Crippen molar-refractivity contribution in [3.05, 3.63) is 52.4 Å². The van der Waals surface area contributed by atoms with E-state index in [4.69, 9.17) is 14.2 Å². The van der Waals surface area contributed by atoms with Crippen LogP contribution in [0.25, 0.3) is 10.9 Å². The Morgan fingerprint density at radius 2 is 2.03 bits per heavy atom. The number of fused-ring (bicyclic) bond motifs is 1. The lowest BCUT2D eigenvalue weighted by atomic mass is 10.1. The average molecular weight is 437 g/mol. The average Bonchev–Trinajstić information content (AvgIpc) is 3.38. The summed E-state index contributed by atoms with van der Waals surface area (Å²) in [5, 5.41) is 5.09. The van der Waals surface area contributed by atoms with Gasteiger partial charge in [0.1, 0.15) is 11.6 Å². The molecule has 1 atom stereocenters. The molecule has 3 aromatic rings. The van der Waals surface area contributed by atoms with Crippen LogP contribution in [0.3, 0.4) is 0 Å². The number of para-hydroxylation sites is 1.